The second kappa shape index (κ2) is 7.43. The monoisotopic (exact) mass is 294 g/mol. The SMILES string of the molecule is CCCNCC1CCC(CN2CCC3(CCCC3)CC2)O1. The van der Waals surface area contributed by atoms with E-state index in [2.05, 4.69) is 17.1 Å². The van der Waals surface area contributed by atoms with Gasteiger partial charge in [0.05, 0.1) is 12.2 Å². The van der Waals surface area contributed by atoms with Crippen molar-refractivity contribution in [1.82, 2.24) is 10.2 Å². The van der Waals surface area contributed by atoms with Gasteiger partial charge in [-0.3, -0.25) is 0 Å². The number of piperidine rings is 1. The van der Waals surface area contributed by atoms with Crippen LogP contribution in [-0.4, -0.2) is 49.8 Å². The highest BCUT2D eigenvalue weighted by atomic mass is 16.5. The lowest BCUT2D eigenvalue weighted by molar-refractivity contribution is 0.00840. The van der Waals surface area contributed by atoms with E-state index in [9.17, 15) is 0 Å². The molecule has 0 radical (unpaired) electrons. The van der Waals surface area contributed by atoms with E-state index in [4.69, 9.17) is 4.74 Å². The van der Waals surface area contributed by atoms with Crippen molar-refractivity contribution >= 4 is 0 Å². The zero-order valence-electron chi connectivity index (χ0n) is 13.9. The quantitative estimate of drug-likeness (QED) is 0.761. The van der Waals surface area contributed by atoms with E-state index in [1.165, 1.54) is 77.4 Å². The Labute approximate surface area is 130 Å². The van der Waals surface area contributed by atoms with Gasteiger partial charge in [-0.05, 0) is 70.0 Å². The number of hydrogen-bond acceptors (Lipinski definition) is 3. The van der Waals surface area contributed by atoms with Crippen molar-refractivity contribution in [3.05, 3.63) is 0 Å². The van der Waals surface area contributed by atoms with Crippen LogP contribution in [0, 0.1) is 5.41 Å². The maximum absolute atomic E-state index is 6.22. The lowest BCUT2D eigenvalue weighted by Gasteiger charge is -2.40. The third kappa shape index (κ3) is 4.20. The van der Waals surface area contributed by atoms with Gasteiger partial charge in [0, 0.05) is 13.1 Å². The Morgan fingerprint density at radius 1 is 1.05 bits per heavy atom. The molecule has 1 saturated carbocycles. The highest BCUT2D eigenvalue weighted by Gasteiger charge is 2.37. The van der Waals surface area contributed by atoms with Crippen molar-refractivity contribution in [3.8, 4) is 0 Å². The molecule has 3 aliphatic rings. The van der Waals surface area contributed by atoms with E-state index < -0.39 is 0 Å². The summed E-state index contributed by atoms with van der Waals surface area (Å²) in [5, 5.41) is 3.50. The molecule has 1 spiro atoms. The highest BCUT2D eigenvalue weighted by molar-refractivity contribution is 4.90. The molecule has 2 heterocycles. The number of hydrogen-bond donors (Lipinski definition) is 1. The summed E-state index contributed by atoms with van der Waals surface area (Å²) in [5.74, 6) is 0. The van der Waals surface area contributed by atoms with E-state index in [1.807, 2.05) is 0 Å². The highest BCUT2D eigenvalue weighted by Crippen LogP contribution is 2.46. The largest absolute Gasteiger partial charge is 0.372 e. The number of nitrogens with one attached hydrogen (secondary N) is 1. The maximum atomic E-state index is 6.22. The van der Waals surface area contributed by atoms with Crippen molar-refractivity contribution in [1.29, 1.82) is 0 Å². The topological polar surface area (TPSA) is 24.5 Å². The lowest BCUT2D eigenvalue weighted by atomic mass is 9.77. The molecule has 0 aromatic carbocycles. The molecule has 0 bridgehead atoms. The van der Waals surface area contributed by atoms with Gasteiger partial charge in [0.25, 0.3) is 0 Å². The average molecular weight is 294 g/mol. The van der Waals surface area contributed by atoms with Crippen LogP contribution in [-0.2, 0) is 4.74 Å². The third-order valence-corrected chi connectivity index (χ3v) is 6.04. The van der Waals surface area contributed by atoms with Gasteiger partial charge >= 0.3 is 0 Å². The molecule has 2 unspecified atom stereocenters. The first-order valence-corrected chi connectivity index (χ1v) is 9.38. The smallest absolute Gasteiger partial charge is 0.0707 e. The molecule has 3 rings (SSSR count). The van der Waals surface area contributed by atoms with E-state index in [-0.39, 0.29) is 0 Å². The number of rotatable bonds is 6. The predicted molar refractivity (Wildman–Crippen MR) is 87.6 cm³/mol. The molecule has 3 fully saturated rings. The predicted octanol–water partition coefficient (Wildman–Crippen LogP) is 3.19. The van der Waals surface area contributed by atoms with Crippen LogP contribution in [0.15, 0.2) is 0 Å². The summed E-state index contributed by atoms with van der Waals surface area (Å²) in [4.78, 5) is 2.68. The van der Waals surface area contributed by atoms with E-state index >= 15 is 0 Å². The summed E-state index contributed by atoms with van der Waals surface area (Å²) in [6.45, 7) is 8.21. The number of nitrogens with zero attached hydrogens (tertiary/aromatic N) is 1. The van der Waals surface area contributed by atoms with E-state index in [0.29, 0.717) is 12.2 Å². The summed E-state index contributed by atoms with van der Waals surface area (Å²) in [7, 11) is 0. The van der Waals surface area contributed by atoms with Crippen molar-refractivity contribution < 1.29 is 4.74 Å². The van der Waals surface area contributed by atoms with Crippen LogP contribution in [0.25, 0.3) is 0 Å². The Bertz CT molecular complexity index is 304. The van der Waals surface area contributed by atoms with Crippen LogP contribution < -0.4 is 5.32 Å². The molecule has 2 aliphatic heterocycles. The van der Waals surface area contributed by atoms with Crippen molar-refractivity contribution in [2.45, 2.75) is 76.9 Å². The van der Waals surface area contributed by atoms with Crippen LogP contribution >= 0.6 is 0 Å². The standard InChI is InChI=1S/C18H34N2O/c1-2-11-19-14-16-5-6-17(21-16)15-20-12-9-18(10-13-20)7-3-4-8-18/h16-17,19H,2-15H2,1H3. The first-order valence-electron chi connectivity index (χ1n) is 9.38. The van der Waals surface area contributed by atoms with Gasteiger partial charge in [0.15, 0.2) is 0 Å². The minimum atomic E-state index is 0.465. The summed E-state index contributed by atoms with van der Waals surface area (Å²) in [6.07, 6.45) is 13.6. The molecule has 0 amide bonds. The van der Waals surface area contributed by atoms with Gasteiger partial charge in [0.2, 0.25) is 0 Å². The normalized spacial score (nSPS) is 33.0. The Morgan fingerprint density at radius 3 is 2.48 bits per heavy atom. The molecule has 1 N–H and O–H groups in total. The summed E-state index contributed by atoms with van der Waals surface area (Å²) >= 11 is 0. The molecule has 0 aromatic heterocycles. The minimum Gasteiger partial charge on any atom is -0.372 e. The third-order valence-electron chi connectivity index (χ3n) is 6.04. The molecular weight excluding hydrogens is 260 g/mol. The Kier molecular flexibility index (Phi) is 5.58. The van der Waals surface area contributed by atoms with Gasteiger partial charge in [-0.15, -0.1) is 0 Å². The van der Waals surface area contributed by atoms with Gasteiger partial charge in [-0.2, -0.15) is 0 Å². The summed E-state index contributed by atoms with van der Waals surface area (Å²) in [5.41, 5.74) is 0.750. The fourth-order valence-electron chi connectivity index (χ4n) is 4.63. The second-order valence-electron chi connectivity index (χ2n) is 7.67. The lowest BCUT2D eigenvalue weighted by Crippen LogP contribution is -2.42. The van der Waals surface area contributed by atoms with Gasteiger partial charge in [-0.25, -0.2) is 0 Å². The molecule has 21 heavy (non-hydrogen) atoms. The van der Waals surface area contributed by atoms with Crippen molar-refractivity contribution in [3.63, 3.8) is 0 Å². The molecule has 122 valence electrons. The average Bonchev–Trinajstić information content (AvgIpc) is 3.12. The van der Waals surface area contributed by atoms with Gasteiger partial charge < -0.3 is 15.0 Å². The zero-order chi connectivity index (χ0) is 14.5. The molecule has 0 aromatic rings. The molecule has 2 saturated heterocycles. The van der Waals surface area contributed by atoms with Crippen LogP contribution in [0.2, 0.25) is 0 Å². The van der Waals surface area contributed by atoms with E-state index in [1.54, 1.807) is 0 Å². The van der Waals surface area contributed by atoms with Gasteiger partial charge in [0.1, 0.15) is 0 Å². The fraction of sp³-hybridized carbons (Fsp3) is 1.00. The zero-order valence-corrected chi connectivity index (χ0v) is 13.9. The first-order chi connectivity index (χ1) is 10.3. The van der Waals surface area contributed by atoms with Crippen LogP contribution in [0.3, 0.4) is 0 Å². The molecule has 3 heteroatoms. The molecular formula is C18H34N2O. The minimum absolute atomic E-state index is 0.465. The Balaban J connectivity index is 1.34. The Morgan fingerprint density at radius 2 is 1.76 bits per heavy atom. The molecule has 2 atom stereocenters. The van der Waals surface area contributed by atoms with E-state index in [0.717, 1.165) is 18.5 Å². The summed E-state index contributed by atoms with van der Waals surface area (Å²) in [6, 6.07) is 0. The fourth-order valence-corrected chi connectivity index (χ4v) is 4.63. The van der Waals surface area contributed by atoms with Crippen LogP contribution in [0.1, 0.15) is 64.7 Å². The van der Waals surface area contributed by atoms with Gasteiger partial charge in [-0.1, -0.05) is 19.8 Å². The maximum Gasteiger partial charge on any atom is 0.0707 e. The number of ether oxygens (including phenoxy) is 1. The van der Waals surface area contributed by atoms with Crippen LogP contribution in [0.5, 0.6) is 0 Å². The van der Waals surface area contributed by atoms with Crippen molar-refractivity contribution in [2.75, 3.05) is 32.7 Å². The second-order valence-corrected chi connectivity index (χ2v) is 7.67. The number of likely N-dealkylation sites (tertiary alicyclic amines) is 1. The summed E-state index contributed by atoms with van der Waals surface area (Å²) < 4.78 is 6.22. The van der Waals surface area contributed by atoms with Crippen LogP contribution in [0.4, 0.5) is 0 Å². The first kappa shape index (κ1) is 15.8. The molecule has 1 aliphatic carbocycles. The molecule has 3 nitrogen and oxygen atoms in total. The Hall–Kier alpha value is -0.120. The van der Waals surface area contributed by atoms with Crippen molar-refractivity contribution in [2.24, 2.45) is 5.41 Å².